The average Bonchev–Trinajstić information content (AvgIpc) is 2.75. The molecule has 1 N–H and O–H groups in total. The Bertz CT molecular complexity index is 297. The number of rotatable bonds is 3. The van der Waals surface area contributed by atoms with Gasteiger partial charge in [-0.1, -0.05) is 13.3 Å². The third-order valence-corrected chi connectivity index (χ3v) is 3.17. The predicted octanol–water partition coefficient (Wildman–Crippen LogP) is 1.80. The lowest BCUT2D eigenvalue weighted by Gasteiger charge is -2.28. The van der Waals surface area contributed by atoms with Gasteiger partial charge in [0.1, 0.15) is 5.82 Å². The molecular weight excluding hydrogens is 174 g/mol. The largest absolute Gasteiger partial charge is 0.336 e. The van der Waals surface area contributed by atoms with Gasteiger partial charge < -0.3 is 9.88 Å². The van der Waals surface area contributed by atoms with Crippen LogP contribution < -0.4 is 5.32 Å². The van der Waals surface area contributed by atoms with Crippen molar-refractivity contribution in [1.82, 2.24) is 14.9 Å². The quantitative estimate of drug-likeness (QED) is 0.793. The van der Waals surface area contributed by atoms with Crippen molar-refractivity contribution in [2.45, 2.75) is 38.1 Å². The first-order valence-electron chi connectivity index (χ1n) is 5.51. The molecule has 1 aromatic rings. The fourth-order valence-corrected chi connectivity index (χ4v) is 2.58. The molecule has 0 aromatic carbocycles. The highest BCUT2D eigenvalue weighted by Crippen LogP contribution is 2.33. The third kappa shape index (κ3) is 1.46. The lowest BCUT2D eigenvalue weighted by atomic mass is 9.91. The molecule has 1 atom stereocenters. The highest BCUT2D eigenvalue weighted by molar-refractivity contribution is 5.11. The van der Waals surface area contributed by atoms with Gasteiger partial charge in [-0.15, -0.1) is 0 Å². The van der Waals surface area contributed by atoms with Gasteiger partial charge in [0, 0.05) is 19.4 Å². The number of imidazole rings is 1. The molecule has 0 radical (unpaired) electrons. The highest BCUT2D eigenvalue weighted by atomic mass is 15.1. The Morgan fingerprint density at radius 2 is 2.50 bits per heavy atom. The molecule has 1 unspecified atom stereocenters. The van der Waals surface area contributed by atoms with Gasteiger partial charge in [-0.05, 0) is 25.8 Å². The molecule has 2 heterocycles. The van der Waals surface area contributed by atoms with Crippen molar-refractivity contribution >= 4 is 0 Å². The summed E-state index contributed by atoms with van der Waals surface area (Å²) in [7, 11) is 2.08. The van der Waals surface area contributed by atoms with Crippen molar-refractivity contribution in [3.05, 3.63) is 18.2 Å². The minimum atomic E-state index is 0.160. The molecule has 1 aromatic heterocycles. The van der Waals surface area contributed by atoms with Gasteiger partial charge in [-0.3, -0.25) is 0 Å². The van der Waals surface area contributed by atoms with E-state index in [4.69, 9.17) is 0 Å². The van der Waals surface area contributed by atoms with Crippen LogP contribution in [0.15, 0.2) is 12.4 Å². The Morgan fingerprint density at radius 1 is 1.64 bits per heavy atom. The van der Waals surface area contributed by atoms with Crippen molar-refractivity contribution in [2.24, 2.45) is 7.05 Å². The SMILES string of the molecule is CCCC1(c2nccn2C)CCCN1. The second kappa shape index (κ2) is 3.73. The zero-order valence-electron chi connectivity index (χ0n) is 9.08. The number of aromatic nitrogens is 2. The Hall–Kier alpha value is -0.830. The van der Waals surface area contributed by atoms with Crippen LogP contribution in [-0.4, -0.2) is 16.1 Å². The first-order chi connectivity index (χ1) is 6.78. The zero-order valence-corrected chi connectivity index (χ0v) is 9.08. The lowest BCUT2D eigenvalue weighted by molar-refractivity contribution is 0.326. The monoisotopic (exact) mass is 193 g/mol. The zero-order chi connectivity index (χ0) is 10.0. The third-order valence-electron chi connectivity index (χ3n) is 3.17. The molecule has 0 saturated carbocycles. The Balaban J connectivity index is 2.31. The second-order valence-electron chi connectivity index (χ2n) is 4.22. The van der Waals surface area contributed by atoms with E-state index < -0.39 is 0 Å². The van der Waals surface area contributed by atoms with E-state index in [1.165, 1.54) is 31.5 Å². The summed E-state index contributed by atoms with van der Waals surface area (Å²) in [6.07, 6.45) is 8.83. The van der Waals surface area contributed by atoms with Gasteiger partial charge in [0.25, 0.3) is 0 Å². The Kier molecular flexibility index (Phi) is 2.59. The summed E-state index contributed by atoms with van der Waals surface area (Å²) in [6, 6.07) is 0. The van der Waals surface area contributed by atoms with Gasteiger partial charge in [0.15, 0.2) is 0 Å². The molecule has 1 aliphatic rings. The average molecular weight is 193 g/mol. The topological polar surface area (TPSA) is 29.9 Å². The van der Waals surface area contributed by atoms with E-state index in [0.29, 0.717) is 0 Å². The first kappa shape index (κ1) is 9.71. The van der Waals surface area contributed by atoms with Crippen molar-refractivity contribution in [1.29, 1.82) is 0 Å². The number of hydrogen-bond donors (Lipinski definition) is 1. The van der Waals surface area contributed by atoms with Gasteiger partial charge in [-0.25, -0.2) is 4.98 Å². The highest BCUT2D eigenvalue weighted by Gasteiger charge is 2.37. The normalized spacial score (nSPS) is 27.0. The van der Waals surface area contributed by atoms with Crippen molar-refractivity contribution < 1.29 is 0 Å². The maximum atomic E-state index is 4.49. The number of nitrogens with zero attached hydrogens (tertiary/aromatic N) is 2. The molecule has 0 spiro atoms. The van der Waals surface area contributed by atoms with Crippen LogP contribution in [0.2, 0.25) is 0 Å². The molecule has 2 rings (SSSR count). The molecule has 0 amide bonds. The summed E-state index contributed by atoms with van der Waals surface area (Å²) in [6.45, 7) is 3.37. The van der Waals surface area contributed by atoms with Crippen LogP contribution in [0.3, 0.4) is 0 Å². The lowest BCUT2D eigenvalue weighted by Crippen LogP contribution is -2.39. The second-order valence-corrected chi connectivity index (χ2v) is 4.22. The van der Waals surface area contributed by atoms with E-state index in [1.807, 2.05) is 12.4 Å². The van der Waals surface area contributed by atoms with Gasteiger partial charge >= 0.3 is 0 Å². The minimum absolute atomic E-state index is 0.160. The molecule has 0 bridgehead atoms. The van der Waals surface area contributed by atoms with Crippen LogP contribution in [-0.2, 0) is 12.6 Å². The summed E-state index contributed by atoms with van der Waals surface area (Å²) >= 11 is 0. The Labute approximate surface area is 85.5 Å². The number of aryl methyl sites for hydroxylation is 1. The molecule has 14 heavy (non-hydrogen) atoms. The van der Waals surface area contributed by atoms with Gasteiger partial charge in [0.2, 0.25) is 0 Å². The maximum Gasteiger partial charge on any atom is 0.128 e. The van der Waals surface area contributed by atoms with Gasteiger partial charge in [0.05, 0.1) is 5.54 Å². The first-order valence-corrected chi connectivity index (χ1v) is 5.51. The van der Waals surface area contributed by atoms with Gasteiger partial charge in [-0.2, -0.15) is 0 Å². The fraction of sp³-hybridized carbons (Fsp3) is 0.727. The predicted molar refractivity (Wildman–Crippen MR) is 57.0 cm³/mol. The Morgan fingerprint density at radius 3 is 3.00 bits per heavy atom. The summed E-state index contributed by atoms with van der Waals surface area (Å²) in [5.74, 6) is 1.21. The van der Waals surface area contributed by atoms with Crippen LogP contribution >= 0.6 is 0 Å². The number of hydrogen-bond acceptors (Lipinski definition) is 2. The summed E-state index contributed by atoms with van der Waals surface area (Å²) in [4.78, 5) is 4.49. The van der Waals surface area contributed by atoms with Crippen molar-refractivity contribution in [3.8, 4) is 0 Å². The van der Waals surface area contributed by atoms with E-state index in [0.717, 1.165) is 6.54 Å². The van der Waals surface area contributed by atoms with Crippen molar-refractivity contribution in [3.63, 3.8) is 0 Å². The van der Waals surface area contributed by atoms with Crippen molar-refractivity contribution in [2.75, 3.05) is 6.54 Å². The summed E-state index contributed by atoms with van der Waals surface area (Å²) in [5, 5.41) is 3.63. The van der Waals surface area contributed by atoms with Crippen LogP contribution in [0.1, 0.15) is 38.4 Å². The summed E-state index contributed by atoms with van der Waals surface area (Å²) < 4.78 is 2.15. The van der Waals surface area contributed by atoms with Crippen LogP contribution in [0.25, 0.3) is 0 Å². The van der Waals surface area contributed by atoms with E-state index >= 15 is 0 Å². The van der Waals surface area contributed by atoms with Crippen LogP contribution in [0.4, 0.5) is 0 Å². The van der Waals surface area contributed by atoms with Crippen LogP contribution in [0, 0.1) is 0 Å². The summed E-state index contributed by atoms with van der Waals surface area (Å²) in [5.41, 5.74) is 0.160. The van der Waals surface area contributed by atoms with E-state index in [1.54, 1.807) is 0 Å². The van der Waals surface area contributed by atoms with E-state index in [9.17, 15) is 0 Å². The molecule has 1 saturated heterocycles. The van der Waals surface area contributed by atoms with E-state index in [2.05, 4.69) is 28.8 Å². The number of nitrogens with one attached hydrogen (secondary N) is 1. The molecule has 78 valence electrons. The minimum Gasteiger partial charge on any atom is -0.336 e. The molecular formula is C11H19N3. The smallest absolute Gasteiger partial charge is 0.128 e. The maximum absolute atomic E-state index is 4.49. The standard InChI is InChI=1S/C11H19N3/c1-3-5-11(6-4-7-13-11)10-12-8-9-14(10)2/h8-9,13H,3-7H2,1-2H3. The van der Waals surface area contributed by atoms with E-state index in [-0.39, 0.29) is 5.54 Å². The molecule has 0 aliphatic carbocycles. The van der Waals surface area contributed by atoms with Crippen LogP contribution in [0.5, 0.6) is 0 Å². The molecule has 3 nitrogen and oxygen atoms in total. The molecule has 1 fully saturated rings. The molecule has 3 heteroatoms. The fourth-order valence-electron chi connectivity index (χ4n) is 2.58. The molecule has 1 aliphatic heterocycles.